The maximum atomic E-state index is 12.9. The number of aromatic nitrogens is 1. The number of aliphatic hydroxyl groups is 1. The fourth-order valence-corrected chi connectivity index (χ4v) is 3.23. The first-order valence-electron chi connectivity index (χ1n) is 5.25. The van der Waals surface area contributed by atoms with Crippen molar-refractivity contribution in [3.63, 3.8) is 0 Å². The van der Waals surface area contributed by atoms with Gasteiger partial charge in [0, 0.05) is 22.8 Å². The summed E-state index contributed by atoms with van der Waals surface area (Å²) in [4.78, 5) is 4.11. The molecule has 0 aliphatic rings. The number of alkyl halides is 3. The van der Waals surface area contributed by atoms with Crippen LogP contribution in [0.4, 0.5) is 13.2 Å². The van der Waals surface area contributed by atoms with Crippen LogP contribution in [0.5, 0.6) is 0 Å². The Kier molecular flexibility index (Phi) is 3.98. The molecule has 0 saturated heterocycles. The zero-order valence-corrected chi connectivity index (χ0v) is 12.1. The summed E-state index contributed by atoms with van der Waals surface area (Å²) in [7, 11) is 0. The number of aryl methyl sites for hydroxylation is 1. The van der Waals surface area contributed by atoms with Crippen LogP contribution in [0.25, 0.3) is 0 Å². The molecule has 0 bridgehead atoms. The number of pyridine rings is 1. The summed E-state index contributed by atoms with van der Waals surface area (Å²) in [5.74, 6) is 0. The van der Waals surface area contributed by atoms with Gasteiger partial charge in [-0.2, -0.15) is 13.2 Å². The van der Waals surface area contributed by atoms with Gasteiger partial charge < -0.3 is 5.11 Å². The molecule has 1 unspecified atom stereocenters. The Labute approximate surface area is 120 Å². The van der Waals surface area contributed by atoms with Gasteiger partial charge in [-0.15, -0.1) is 11.3 Å². The normalized spacial score (nSPS) is 13.6. The quantitative estimate of drug-likeness (QED) is 0.874. The average molecular weight is 352 g/mol. The van der Waals surface area contributed by atoms with E-state index in [9.17, 15) is 18.3 Å². The van der Waals surface area contributed by atoms with Crippen LogP contribution in [-0.2, 0) is 6.18 Å². The second kappa shape index (κ2) is 5.22. The molecule has 1 atom stereocenters. The molecule has 0 saturated carbocycles. The van der Waals surface area contributed by atoms with E-state index in [1.54, 1.807) is 6.07 Å². The molecule has 0 aliphatic heterocycles. The van der Waals surface area contributed by atoms with Gasteiger partial charge in [-0.1, -0.05) is 0 Å². The summed E-state index contributed by atoms with van der Waals surface area (Å²) in [5.41, 5.74) is -0.225. The molecule has 1 N–H and O–H groups in total. The minimum absolute atomic E-state index is 0.233. The highest BCUT2D eigenvalue weighted by molar-refractivity contribution is 9.11. The van der Waals surface area contributed by atoms with Gasteiger partial charge in [0.15, 0.2) is 0 Å². The third-order valence-corrected chi connectivity index (χ3v) is 4.79. The van der Waals surface area contributed by atoms with E-state index < -0.39 is 17.8 Å². The van der Waals surface area contributed by atoms with E-state index in [2.05, 4.69) is 20.9 Å². The molecule has 0 spiro atoms. The summed E-state index contributed by atoms with van der Waals surface area (Å²) >= 11 is 4.49. The van der Waals surface area contributed by atoms with Gasteiger partial charge in [0.05, 0.1) is 9.35 Å². The second-order valence-corrected chi connectivity index (χ2v) is 6.37. The Bertz CT molecular complexity index is 577. The SMILES string of the molecule is Cc1cc(C(O)c2cnccc2C(F)(F)F)sc1Br. The molecular weight excluding hydrogens is 343 g/mol. The van der Waals surface area contributed by atoms with Crippen LogP contribution in [0.15, 0.2) is 28.3 Å². The first kappa shape index (κ1) is 14.5. The fourth-order valence-electron chi connectivity index (χ4n) is 1.65. The van der Waals surface area contributed by atoms with Crippen LogP contribution in [-0.4, -0.2) is 10.1 Å². The lowest BCUT2D eigenvalue weighted by atomic mass is 10.0. The second-order valence-electron chi connectivity index (χ2n) is 3.97. The Morgan fingerprint density at radius 3 is 2.63 bits per heavy atom. The van der Waals surface area contributed by atoms with Gasteiger partial charge in [-0.05, 0) is 40.5 Å². The van der Waals surface area contributed by atoms with Gasteiger partial charge >= 0.3 is 6.18 Å². The Morgan fingerprint density at radius 2 is 2.11 bits per heavy atom. The lowest BCUT2D eigenvalue weighted by Gasteiger charge is -2.15. The van der Waals surface area contributed by atoms with Crippen LogP contribution >= 0.6 is 27.3 Å². The van der Waals surface area contributed by atoms with Crippen molar-refractivity contribution >= 4 is 27.3 Å². The minimum Gasteiger partial charge on any atom is -0.383 e. The molecule has 0 aromatic carbocycles. The maximum Gasteiger partial charge on any atom is 0.416 e. The van der Waals surface area contributed by atoms with Crippen molar-refractivity contribution in [1.29, 1.82) is 0 Å². The number of hydrogen-bond acceptors (Lipinski definition) is 3. The fraction of sp³-hybridized carbons (Fsp3) is 0.250. The monoisotopic (exact) mass is 351 g/mol. The first-order chi connectivity index (χ1) is 8.80. The molecule has 2 rings (SSSR count). The van der Waals surface area contributed by atoms with Crippen molar-refractivity contribution < 1.29 is 18.3 Å². The molecule has 0 amide bonds. The molecule has 102 valence electrons. The first-order valence-corrected chi connectivity index (χ1v) is 6.86. The molecule has 2 aromatic rings. The van der Waals surface area contributed by atoms with Gasteiger partial charge in [-0.25, -0.2) is 0 Å². The molecule has 2 nitrogen and oxygen atoms in total. The van der Waals surface area contributed by atoms with Crippen LogP contribution in [0.1, 0.15) is 27.7 Å². The van der Waals surface area contributed by atoms with Gasteiger partial charge in [0.1, 0.15) is 6.10 Å². The van der Waals surface area contributed by atoms with E-state index in [0.29, 0.717) is 4.88 Å². The maximum absolute atomic E-state index is 12.9. The van der Waals surface area contributed by atoms with Crippen molar-refractivity contribution in [3.05, 3.63) is 49.9 Å². The van der Waals surface area contributed by atoms with E-state index >= 15 is 0 Å². The molecule has 2 heterocycles. The zero-order valence-electron chi connectivity index (χ0n) is 9.70. The molecule has 0 radical (unpaired) electrons. The van der Waals surface area contributed by atoms with E-state index in [1.807, 2.05) is 6.92 Å². The number of aliphatic hydroxyl groups excluding tert-OH is 1. The number of rotatable bonds is 2. The predicted molar refractivity (Wildman–Crippen MR) is 70.1 cm³/mol. The van der Waals surface area contributed by atoms with E-state index in [-0.39, 0.29) is 5.56 Å². The highest BCUT2D eigenvalue weighted by Crippen LogP contribution is 2.39. The topological polar surface area (TPSA) is 33.1 Å². The molecule has 0 aliphatic carbocycles. The third kappa shape index (κ3) is 2.98. The highest BCUT2D eigenvalue weighted by Gasteiger charge is 2.35. The predicted octanol–water partition coefficient (Wildman–Crippen LogP) is 4.31. The lowest BCUT2D eigenvalue weighted by molar-refractivity contribution is -0.139. The van der Waals surface area contributed by atoms with Crippen molar-refractivity contribution in [2.75, 3.05) is 0 Å². The van der Waals surface area contributed by atoms with Gasteiger partial charge in [0.2, 0.25) is 0 Å². The van der Waals surface area contributed by atoms with Crippen LogP contribution < -0.4 is 0 Å². The standard InChI is InChI=1S/C12H9BrF3NOS/c1-6-4-9(19-11(6)13)10(18)7-5-17-3-2-8(7)12(14,15)16/h2-5,10,18H,1H3. The van der Waals surface area contributed by atoms with Gasteiger partial charge in [-0.3, -0.25) is 4.98 Å². The molecule has 0 fully saturated rings. The average Bonchev–Trinajstić information content (AvgIpc) is 2.68. The number of halogens is 4. The van der Waals surface area contributed by atoms with E-state index in [1.165, 1.54) is 11.3 Å². The van der Waals surface area contributed by atoms with E-state index in [0.717, 1.165) is 27.8 Å². The summed E-state index contributed by atoms with van der Waals surface area (Å²) in [5, 5.41) is 10.1. The summed E-state index contributed by atoms with van der Waals surface area (Å²) in [6.07, 6.45) is -3.73. The summed E-state index contributed by atoms with van der Waals surface area (Å²) < 4.78 is 39.4. The molecule has 2 aromatic heterocycles. The van der Waals surface area contributed by atoms with Crippen molar-refractivity contribution in [3.8, 4) is 0 Å². The molecule has 7 heteroatoms. The molecule has 19 heavy (non-hydrogen) atoms. The zero-order chi connectivity index (χ0) is 14.2. The van der Waals surface area contributed by atoms with E-state index in [4.69, 9.17) is 0 Å². The van der Waals surface area contributed by atoms with Crippen LogP contribution in [0.2, 0.25) is 0 Å². The number of hydrogen-bond donors (Lipinski definition) is 1. The highest BCUT2D eigenvalue weighted by atomic mass is 79.9. The Morgan fingerprint density at radius 1 is 1.42 bits per heavy atom. The lowest BCUT2D eigenvalue weighted by Crippen LogP contribution is -2.12. The van der Waals surface area contributed by atoms with Crippen LogP contribution in [0, 0.1) is 6.92 Å². The summed E-state index contributed by atoms with van der Waals surface area (Å²) in [6.45, 7) is 1.81. The smallest absolute Gasteiger partial charge is 0.383 e. The third-order valence-electron chi connectivity index (χ3n) is 2.60. The molecular formula is C12H9BrF3NOS. The number of nitrogens with zero attached hydrogens (tertiary/aromatic N) is 1. The Hall–Kier alpha value is -0.920. The number of thiophene rings is 1. The van der Waals surface area contributed by atoms with Crippen molar-refractivity contribution in [2.24, 2.45) is 0 Å². The van der Waals surface area contributed by atoms with Gasteiger partial charge in [0.25, 0.3) is 0 Å². The van der Waals surface area contributed by atoms with Crippen molar-refractivity contribution in [2.45, 2.75) is 19.2 Å². The minimum atomic E-state index is -4.51. The van der Waals surface area contributed by atoms with Crippen molar-refractivity contribution in [1.82, 2.24) is 4.98 Å². The largest absolute Gasteiger partial charge is 0.416 e. The Balaban J connectivity index is 2.47. The summed E-state index contributed by atoms with van der Waals surface area (Å²) in [6, 6.07) is 2.53. The van der Waals surface area contributed by atoms with Crippen LogP contribution in [0.3, 0.4) is 0 Å².